The van der Waals surface area contributed by atoms with E-state index in [1.165, 1.54) is 35.8 Å². The highest BCUT2D eigenvalue weighted by atomic mass is 79.9. The van der Waals surface area contributed by atoms with Crippen molar-refractivity contribution in [3.05, 3.63) is 15.9 Å². The highest BCUT2D eigenvalue weighted by Gasteiger charge is 2.26. The molecule has 108 valence electrons. The molecule has 0 aliphatic heterocycles. The summed E-state index contributed by atoms with van der Waals surface area (Å²) in [7, 11) is 2.06. The van der Waals surface area contributed by atoms with Crippen LogP contribution in [0, 0.1) is 18.8 Å². The summed E-state index contributed by atoms with van der Waals surface area (Å²) >= 11 is 3.70. The zero-order chi connectivity index (χ0) is 13.8. The number of rotatable bonds is 6. The number of halogens is 1. The summed E-state index contributed by atoms with van der Waals surface area (Å²) in [5, 5.41) is 8.07. The molecule has 1 aromatic rings. The lowest BCUT2D eigenvalue weighted by molar-refractivity contribution is 0.317. The van der Waals surface area contributed by atoms with Crippen molar-refractivity contribution in [3.8, 4) is 0 Å². The summed E-state index contributed by atoms with van der Waals surface area (Å²) in [6, 6.07) is 0. The van der Waals surface area contributed by atoms with Crippen LogP contribution in [0.15, 0.2) is 4.47 Å². The minimum atomic E-state index is 0.744. The molecule has 0 aromatic carbocycles. The molecule has 1 atom stereocenters. The van der Waals surface area contributed by atoms with Crippen LogP contribution in [0.25, 0.3) is 0 Å². The number of nitrogens with zero attached hydrogens (tertiary/aromatic N) is 2. The van der Waals surface area contributed by atoms with E-state index in [2.05, 4.69) is 47.2 Å². The van der Waals surface area contributed by atoms with Crippen molar-refractivity contribution < 1.29 is 0 Å². The van der Waals surface area contributed by atoms with Crippen LogP contribution in [0.3, 0.4) is 0 Å². The van der Waals surface area contributed by atoms with Crippen molar-refractivity contribution >= 4 is 15.9 Å². The zero-order valence-electron chi connectivity index (χ0n) is 12.4. The minimum Gasteiger partial charge on any atom is -0.317 e. The van der Waals surface area contributed by atoms with Gasteiger partial charge >= 0.3 is 0 Å². The largest absolute Gasteiger partial charge is 0.317 e. The molecule has 1 N–H and O–H groups in total. The predicted octanol–water partition coefficient (Wildman–Crippen LogP) is 3.45. The summed E-state index contributed by atoms with van der Waals surface area (Å²) < 4.78 is 3.25. The summed E-state index contributed by atoms with van der Waals surface area (Å²) in [6.07, 6.45) is 6.78. The normalized spacial score (nSPS) is 18.1. The van der Waals surface area contributed by atoms with Crippen LogP contribution in [-0.2, 0) is 13.5 Å². The molecule has 4 heteroatoms. The Labute approximate surface area is 125 Å². The van der Waals surface area contributed by atoms with Gasteiger partial charge in [0.1, 0.15) is 0 Å². The van der Waals surface area contributed by atoms with Gasteiger partial charge in [-0.1, -0.05) is 32.6 Å². The first-order valence-corrected chi connectivity index (χ1v) is 8.31. The molecule has 0 radical (unpaired) electrons. The molecule has 1 saturated carbocycles. The first kappa shape index (κ1) is 15.0. The molecule has 0 spiro atoms. The van der Waals surface area contributed by atoms with Crippen molar-refractivity contribution in [2.24, 2.45) is 18.9 Å². The van der Waals surface area contributed by atoms with Gasteiger partial charge in [0.05, 0.1) is 15.9 Å². The van der Waals surface area contributed by atoms with E-state index in [4.69, 9.17) is 0 Å². The molecule has 3 nitrogen and oxygen atoms in total. The van der Waals surface area contributed by atoms with E-state index in [9.17, 15) is 0 Å². The third-order valence-corrected chi connectivity index (χ3v) is 5.47. The Hall–Kier alpha value is -0.350. The summed E-state index contributed by atoms with van der Waals surface area (Å²) in [5.74, 6) is 1.63. The Bertz CT molecular complexity index is 408. The van der Waals surface area contributed by atoms with Gasteiger partial charge in [0.25, 0.3) is 0 Å². The molecule has 1 unspecified atom stereocenters. The summed E-state index contributed by atoms with van der Waals surface area (Å²) in [6.45, 7) is 6.46. The van der Waals surface area contributed by atoms with Gasteiger partial charge in [-0.05, 0) is 54.2 Å². The average Bonchev–Trinajstić information content (AvgIpc) is 2.98. The molecule has 2 rings (SSSR count). The van der Waals surface area contributed by atoms with E-state index in [1.54, 1.807) is 0 Å². The first-order chi connectivity index (χ1) is 9.13. The summed E-state index contributed by atoms with van der Waals surface area (Å²) in [5.41, 5.74) is 2.46. The van der Waals surface area contributed by atoms with Gasteiger partial charge in [-0.15, -0.1) is 0 Å². The fraction of sp³-hybridized carbons (Fsp3) is 0.800. The zero-order valence-corrected chi connectivity index (χ0v) is 14.0. The average molecular weight is 328 g/mol. The second-order valence-corrected chi connectivity index (χ2v) is 6.58. The lowest BCUT2D eigenvalue weighted by Crippen LogP contribution is -2.29. The molecule has 0 bridgehead atoms. The number of aromatic nitrogens is 2. The SMILES string of the molecule is CCNCC(Cc1c(Br)c(C)nn1C)C1CCCC1. The molecule has 19 heavy (non-hydrogen) atoms. The van der Waals surface area contributed by atoms with Crippen LogP contribution in [0.2, 0.25) is 0 Å². The van der Waals surface area contributed by atoms with Gasteiger partial charge in [-0.25, -0.2) is 0 Å². The highest BCUT2D eigenvalue weighted by Crippen LogP contribution is 2.34. The maximum absolute atomic E-state index is 4.52. The fourth-order valence-corrected chi connectivity index (χ4v) is 3.81. The van der Waals surface area contributed by atoms with E-state index in [1.807, 2.05) is 4.68 Å². The quantitative estimate of drug-likeness (QED) is 0.867. The maximum Gasteiger partial charge on any atom is 0.0738 e. The van der Waals surface area contributed by atoms with Gasteiger partial charge in [0, 0.05) is 7.05 Å². The van der Waals surface area contributed by atoms with Crippen LogP contribution in [0.5, 0.6) is 0 Å². The lowest BCUT2D eigenvalue weighted by atomic mass is 9.87. The number of hydrogen-bond donors (Lipinski definition) is 1. The first-order valence-electron chi connectivity index (χ1n) is 7.52. The van der Waals surface area contributed by atoms with E-state index >= 15 is 0 Å². The van der Waals surface area contributed by atoms with Crippen LogP contribution >= 0.6 is 15.9 Å². The molecule has 0 amide bonds. The molecule has 1 aliphatic rings. The van der Waals surface area contributed by atoms with Crippen molar-refractivity contribution in [3.63, 3.8) is 0 Å². The van der Waals surface area contributed by atoms with Crippen LogP contribution in [0.1, 0.15) is 44.0 Å². The number of aryl methyl sites for hydroxylation is 2. The smallest absolute Gasteiger partial charge is 0.0738 e. The maximum atomic E-state index is 4.52. The molecule has 1 fully saturated rings. The van der Waals surface area contributed by atoms with Gasteiger partial charge in [-0.2, -0.15) is 5.10 Å². The molecule has 1 aromatic heterocycles. The Morgan fingerprint density at radius 2 is 2.11 bits per heavy atom. The Kier molecular flexibility index (Phi) is 5.46. The third-order valence-electron chi connectivity index (χ3n) is 4.44. The second-order valence-electron chi connectivity index (χ2n) is 5.79. The standard InChI is InChI=1S/C15H26BrN3/c1-4-17-10-13(12-7-5-6-8-12)9-14-15(16)11(2)18-19(14)3/h12-13,17H,4-10H2,1-3H3. The molecular formula is C15H26BrN3. The Balaban J connectivity index is 2.09. The van der Waals surface area contributed by atoms with Crippen LogP contribution in [-0.4, -0.2) is 22.9 Å². The highest BCUT2D eigenvalue weighted by molar-refractivity contribution is 9.10. The van der Waals surface area contributed by atoms with Gasteiger partial charge < -0.3 is 5.32 Å². The van der Waals surface area contributed by atoms with Gasteiger partial charge in [0.15, 0.2) is 0 Å². The van der Waals surface area contributed by atoms with Crippen LogP contribution < -0.4 is 5.32 Å². The molecular weight excluding hydrogens is 302 g/mol. The van der Waals surface area contributed by atoms with Gasteiger partial charge in [-0.3, -0.25) is 4.68 Å². The summed E-state index contributed by atoms with van der Waals surface area (Å²) in [4.78, 5) is 0. The van der Waals surface area contributed by atoms with Crippen molar-refractivity contribution in [2.45, 2.75) is 46.0 Å². The van der Waals surface area contributed by atoms with E-state index in [0.717, 1.165) is 37.0 Å². The van der Waals surface area contributed by atoms with E-state index < -0.39 is 0 Å². The number of nitrogens with one attached hydrogen (secondary N) is 1. The monoisotopic (exact) mass is 327 g/mol. The topological polar surface area (TPSA) is 29.9 Å². The Morgan fingerprint density at radius 3 is 2.63 bits per heavy atom. The van der Waals surface area contributed by atoms with Gasteiger partial charge in [0.2, 0.25) is 0 Å². The Morgan fingerprint density at radius 1 is 1.42 bits per heavy atom. The van der Waals surface area contributed by atoms with Crippen molar-refractivity contribution in [1.29, 1.82) is 0 Å². The van der Waals surface area contributed by atoms with Crippen LogP contribution in [0.4, 0.5) is 0 Å². The second kappa shape index (κ2) is 6.89. The number of hydrogen-bond acceptors (Lipinski definition) is 2. The predicted molar refractivity (Wildman–Crippen MR) is 83.3 cm³/mol. The minimum absolute atomic E-state index is 0.744. The van der Waals surface area contributed by atoms with Crippen molar-refractivity contribution in [2.75, 3.05) is 13.1 Å². The molecule has 1 aliphatic carbocycles. The van der Waals surface area contributed by atoms with E-state index in [0.29, 0.717) is 0 Å². The fourth-order valence-electron chi connectivity index (χ4n) is 3.31. The third kappa shape index (κ3) is 3.60. The lowest BCUT2D eigenvalue weighted by Gasteiger charge is -2.24. The molecule has 0 saturated heterocycles. The van der Waals surface area contributed by atoms with Crippen molar-refractivity contribution in [1.82, 2.24) is 15.1 Å². The van der Waals surface area contributed by atoms with E-state index in [-0.39, 0.29) is 0 Å². The molecule has 1 heterocycles.